The van der Waals surface area contributed by atoms with Crippen LogP contribution < -0.4 is 5.56 Å². The van der Waals surface area contributed by atoms with Crippen LogP contribution in [0.25, 0.3) is 4.96 Å². The molecule has 138 valence electrons. The van der Waals surface area contributed by atoms with Crippen molar-refractivity contribution in [3.8, 4) is 0 Å². The zero-order valence-corrected chi connectivity index (χ0v) is 15.0. The first-order valence-corrected chi connectivity index (χ1v) is 9.30. The molecule has 0 radical (unpaired) electrons. The number of fused-ring (bicyclic) bond motifs is 1. The standard InChI is InChI=1S/C18H18F2N2O3S/c1-9-16(13-6-10(13)7-23)22-17(24)15(20)14(21-18(22)26-9)8-25-12-4-2-11(19)3-5-12/h2,4,10,13,23H,3,5-8H2,1H3. The van der Waals surface area contributed by atoms with Gasteiger partial charge < -0.3 is 9.84 Å². The molecular formula is C18H18F2N2O3S. The summed E-state index contributed by atoms with van der Waals surface area (Å²) in [7, 11) is 0. The molecule has 1 N–H and O–H groups in total. The van der Waals surface area contributed by atoms with Gasteiger partial charge in [0.05, 0.1) is 5.76 Å². The van der Waals surface area contributed by atoms with E-state index in [1.807, 2.05) is 6.92 Å². The second-order valence-corrected chi connectivity index (χ2v) is 7.84. The smallest absolute Gasteiger partial charge is 0.295 e. The van der Waals surface area contributed by atoms with E-state index in [0.29, 0.717) is 17.1 Å². The summed E-state index contributed by atoms with van der Waals surface area (Å²) in [5, 5.41) is 9.29. The van der Waals surface area contributed by atoms with E-state index in [9.17, 15) is 18.7 Å². The maximum absolute atomic E-state index is 14.6. The molecule has 2 atom stereocenters. The number of nitrogens with zero attached hydrogens (tertiary/aromatic N) is 2. The third kappa shape index (κ3) is 2.97. The third-order valence-corrected chi connectivity index (χ3v) is 5.85. The number of aliphatic hydroxyl groups is 1. The van der Waals surface area contributed by atoms with Gasteiger partial charge in [0.15, 0.2) is 4.96 Å². The van der Waals surface area contributed by atoms with Gasteiger partial charge >= 0.3 is 0 Å². The van der Waals surface area contributed by atoms with Gasteiger partial charge in [-0.3, -0.25) is 9.20 Å². The number of thiazole rings is 1. The Labute approximate surface area is 152 Å². The molecule has 2 aliphatic carbocycles. The lowest BCUT2D eigenvalue weighted by atomic mass is 10.1. The molecule has 0 spiro atoms. The molecule has 2 unspecified atom stereocenters. The van der Waals surface area contributed by atoms with Gasteiger partial charge in [-0.2, -0.15) is 4.39 Å². The molecule has 2 aliphatic rings. The van der Waals surface area contributed by atoms with Crippen LogP contribution >= 0.6 is 11.3 Å². The first-order valence-electron chi connectivity index (χ1n) is 8.49. The van der Waals surface area contributed by atoms with Gasteiger partial charge in [-0.15, -0.1) is 11.3 Å². The molecule has 0 saturated heterocycles. The molecule has 1 fully saturated rings. The van der Waals surface area contributed by atoms with Gasteiger partial charge in [-0.25, -0.2) is 9.37 Å². The van der Waals surface area contributed by atoms with Crippen LogP contribution in [-0.2, 0) is 11.3 Å². The Morgan fingerprint density at radius 1 is 1.38 bits per heavy atom. The second kappa shape index (κ2) is 6.59. The Morgan fingerprint density at radius 3 is 2.85 bits per heavy atom. The van der Waals surface area contributed by atoms with Crippen molar-refractivity contribution in [1.29, 1.82) is 0 Å². The summed E-state index contributed by atoms with van der Waals surface area (Å²) in [4.78, 5) is 18.2. The first-order chi connectivity index (χ1) is 12.5. The van der Waals surface area contributed by atoms with E-state index in [-0.39, 0.29) is 43.0 Å². The lowest BCUT2D eigenvalue weighted by Gasteiger charge is -2.12. The maximum Gasteiger partial charge on any atom is 0.295 e. The average Bonchev–Trinajstić information content (AvgIpc) is 3.33. The van der Waals surface area contributed by atoms with Crippen LogP contribution in [0.4, 0.5) is 8.78 Å². The predicted octanol–water partition coefficient (Wildman–Crippen LogP) is 3.35. The zero-order chi connectivity index (χ0) is 18.4. The van der Waals surface area contributed by atoms with Crippen LogP contribution in [0.1, 0.15) is 41.4 Å². The summed E-state index contributed by atoms with van der Waals surface area (Å²) < 4.78 is 34.4. The van der Waals surface area contributed by atoms with Crippen LogP contribution in [0.15, 0.2) is 28.5 Å². The number of halogens is 2. The fourth-order valence-electron chi connectivity index (χ4n) is 3.33. The van der Waals surface area contributed by atoms with E-state index in [1.54, 1.807) is 0 Å². The quantitative estimate of drug-likeness (QED) is 0.864. The number of aromatic nitrogens is 2. The molecule has 26 heavy (non-hydrogen) atoms. The van der Waals surface area contributed by atoms with E-state index in [4.69, 9.17) is 4.74 Å². The normalized spacial score (nSPS) is 22.3. The Balaban J connectivity index is 1.66. The molecule has 1 saturated carbocycles. The molecule has 0 bridgehead atoms. The summed E-state index contributed by atoms with van der Waals surface area (Å²) in [6, 6.07) is 0. The van der Waals surface area contributed by atoms with E-state index >= 15 is 0 Å². The summed E-state index contributed by atoms with van der Waals surface area (Å²) in [5.74, 6) is -0.412. The molecule has 2 aromatic heterocycles. The summed E-state index contributed by atoms with van der Waals surface area (Å²) in [6.45, 7) is 1.76. The van der Waals surface area contributed by atoms with Gasteiger partial charge in [0.1, 0.15) is 18.1 Å². The molecular weight excluding hydrogens is 362 g/mol. The topological polar surface area (TPSA) is 63.8 Å². The molecule has 0 aromatic carbocycles. The van der Waals surface area contributed by atoms with E-state index < -0.39 is 11.4 Å². The molecule has 4 rings (SSSR count). The highest BCUT2D eigenvalue weighted by molar-refractivity contribution is 7.17. The molecule has 2 aromatic rings. The van der Waals surface area contributed by atoms with Gasteiger partial charge in [0.2, 0.25) is 5.82 Å². The number of ether oxygens (including phenoxy) is 1. The Morgan fingerprint density at radius 2 is 2.19 bits per heavy atom. The highest BCUT2D eigenvalue weighted by Gasteiger charge is 2.41. The number of rotatable bonds is 5. The SMILES string of the molecule is Cc1sc2nc(COC3=CC=C(F)CC3)c(F)c(=O)n2c1C1CC1CO. The van der Waals surface area contributed by atoms with Crippen LogP contribution in [0, 0.1) is 18.7 Å². The number of aliphatic hydroxyl groups excluding tert-OH is 1. The van der Waals surface area contributed by atoms with Crippen molar-refractivity contribution < 1.29 is 18.6 Å². The maximum atomic E-state index is 14.6. The molecule has 5 nitrogen and oxygen atoms in total. The van der Waals surface area contributed by atoms with Gasteiger partial charge in [-0.1, -0.05) is 0 Å². The Hall–Kier alpha value is -2.06. The lowest BCUT2D eigenvalue weighted by molar-refractivity contribution is 0.179. The number of allylic oxidation sites excluding steroid dienone is 4. The van der Waals surface area contributed by atoms with Crippen LogP contribution in [0.2, 0.25) is 0 Å². The van der Waals surface area contributed by atoms with Crippen molar-refractivity contribution in [1.82, 2.24) is 9.38 Å². The Bertz CT molecular complexity index is 992. The van der Waals surface area contributed by atoms with Crippen molar-refractivity contribution in [3.05, 3.63) is 56.2 Å². The molecule has 2 heterocycles. The predicted molar refractivity (Wildman–Crippen MR) is 93.3 cm³/mol. The van der Waals surface area contributed by atoms with Crippen molar-refractivity contribution >= 4 is 16.3 Å². The fraction of sp³-hybridized carbons (Fsp3) is 0.444. The minimum absolute atomic E-state index is 0.0479. The van der Waals surface area contributed by atoms with Crippen LogP contribution in [-0.4, -0.2) is 21.1 Å². The van der Waals surface area contributed by atoms with Gasteiger partial charge in [0, 0.05) is 35.9 Å². The highest BCUT2D eigenvalue weighted by Crippen LogP contribution is 2.49. The number of hydrogen-bond acceptors (Lipinski definition) is 5. The number of aryl methyl sites for hydroxylation is 1. The van der Waals surface area contributed by atoms with E-state index in [2.05, 4.69) is 4.98 Å². The van der Waals surface area contributed by atoms with Crippen molar-refractivity contribution in [3.63, 3.8) is 0 Å². The van der Waals surface area contributed by atoms with Crippen molar-refractivity contribution in [2.45, 2.75) is 38.7 Å². The minimum Gasteiger partial charge on any atom is -0.492 e. The van der Waals surface area contributed by atoms with Gasteiger partial charge in [0.25, 0.3) is 5.56 Å². The van der Waals surface area contributed by atoms with Crippen LogP contribution in [0.3, 0.4) is 0 Å². The zero-order valence-electron chi connectivity index (χ0n) is 14.2. The summed E-state index contributed by atoms with van der Waals surface area (Å²) >= 11 is 1.33. The lowest BCUT2D eigenvalue weighted by Crippen LogP contribution is -2.22. The van der Waals surface area contributed by atoms with Crippen LogP contribution in [0.5, 0.6) is 0 Å². The third-order valence-electron chi connectivity index (χ3n) is 4.88. The second-order valence-electron chi connectivity index (χ2n) is 6.66. The summed E-state index contributed by atoms with van der Waals surface area (Å²) in [6.07, 6.45) is 4.28. The monoisotopic (exact) mass is 380 g/mol. The van der Waals surface area contributed by atoms with Crippen molar-refractivity contribution in [2.75, 3.05) is 6.61 Å². The summed E-state index contributed by atoms with van der Waals surface area (Å²) in [5.41, 5.74) is -0.0307. The average molecular weight is 380 g/mol. The molecule has 0 aliphatic heterocycles. The largest absolute Gasteiger partial charge is 0.492 e. The minimum atomic E-state index is -0.930. The Kier molecular flexibility index (Phi) is 4.40. The van der Waals surface area contributed by atoms with E-state index in [0.717, 1.165) is 17.0 Å². The first kappa shape index (κ1) is 17.4. The van der Waals surface area contributed by atoms with Gasteiger partial charge in [-0.05, 0) is 31.4 Å². The molecule has 0 amide bonds. The van der Waals surface area contributed by atoms with Crippen molar-refractivity contribution in [2.24, 2.45) is 5.92 Å². The fourth-order valence-corrected chi connectivity index (χ4v) is 4.38. The highest BCUT2D eigenvalue weighted by atomic mass is 32.1. The number of hydrogen-bond donors (Lipinski definition) is 1. The van der Waals surface area contributed by atoms with E-state index in [1.165, 1.54) is 27.9 Å². The molecule has 8 heteroatoms.